The topological polar surface area (TPSA) is 50.3 Å². The molecule has 0 aliphatic carbocycles. The van der Waals surface area contributed by atoms with Gasteiger partial charge >= 0.3 is 0 Å². The SMILES string of the molecule is Cc1nc(Cl)ccc1S(=O)(=O)N(C)C. The summed E-state index contributed by atoms with van der Waals surface area (Å²) in [4.78, 5) is 4.07. The molecular formula is C8H11ClN2O2S. The number of halogens is 1. The van der Waals surface area contributed by atoms with Crippen molar-refractivity contribution in [2.45, 2.75) is 11.8 Å². The van der Waals surface area contributed by atoms with Crippen molar-refractivity contribution in [3.8, 4) is 0 Å². The van der Waals surface area contributed by atoms with E-state index in [2.05, 4.69) is 4.98 Å². The molecule has 0 unspecified atom stereocenters. The first-order chi connectivity index (χ1) is 6.35. The van der Waals surface area contributed by atoms with Crippen LogP contribution in [0.1, 0.15) is 5.69 Å². The second-order valence-electron chi connectivity index (χ2n) is 3.00. The summed E-state index contributed by atoms with van der Waals surface area (Å²) >= 11 is 5.63. The molecule has 0 amide bonds. The number of nitrogens with zero attached hydrogens (tertiary/aromatic N) is 2. The Morgan fingerprint density at radius 1 is 1.36 bits per heavy atom. The Kier molecular flexibility index (Phi) is 3.14. The van der Waals surface area contributed by atoms with Crippen LogP contribution in [0.15, 0.2) is 17.0 Å². The van der Waals surface area contributed by atoms with Crippen LogP contribution in [0.2, 0.25) is 5.15 Å². The summed E-state index contributed by atoms with van der Waals surface area (Å²) in [6.45, 7) is 1.61. The first-order valence-electron chi connectivity index (χ1n) is 3.91. The van der Waals surface area contributed by atoms with E-state index in [9.17, 15) is 8.42 Å². The highest BCUT2D eigenvalue weighted by Crippen LogP contribution is 2.18. The van der Waals surface area contributed by atoms with Crippen LogP contribution < -0.4 is 0 Å². The molecule has 0 radical (unpaired) electrons. The lowest BCUT2D eigenvalue weighted by Crippen LogP contribution is -2.23. The maximum Gasteiger partial charge on any atom is 0.244 e. The molecule has 0 N–H and O–H groups in total. The van der Waals surface area contributed by atoms with E-state index in [0.717, 1.165) is 4.31 Å². The van der Waals surface area contributed by atoms with Crippen molar-refractivity contribution in [2.24, 2.45) is 0 Å². The van der Waals surface area contributed by atoms with E-state index in [4.69, 9.17) is 11.6 Å². The molecular weight excluding hydrogens is 224 g/mol. The molecule has 78 valence electrons. The van der Waals surface area contributed by atoms with Crippen molar-refractivity contribution in [1.82, 2.24) is 9.29 Å². The first-order valence-corrected chi connectivity index (χ1v) is 5.73. The third-order valence-corrected chi connectivity index (χ3v) is 3.92. The minimum atomic E-state index is -3.41. The Morgan fingerprint density at radius 3 is 2.36 bits per heavy atom. The van der Waals surface area contributed by atoms with Gasteiger partial charge in [0.25, 0.3) is 0 Å². The fourth-order valence-corrected chi connectivity index (χ4v) is 2.23. The molecule has 4 nitrogen and oxygen atoms in total. The molecule has 0 aliphatic heterocycles. The third kappa shape index (κ3) is 2.05. The smallest absolute Gasteiger partial charge is 0.240 e. The van der Waals surface area contributed by atoms with Crippen molar-refractivity contribution in [3.05, 3.63) is 23.0 Å². The van der Waals surface area contributed by atoms with Gasteiger partial charge < -0.3 is 0 Å². The second kappa shape index (κ2) is 3.84. The van der Waals surface area contributed by atoms with Crippen LogP contribution in [0.3, 0.4) is 0 Å². The zero-order valence-electron chi connectivity index (χ0n) is 8.15. The minimum absolute atomic E-state index is 0.187. The van der Waals surface area contributed by atoms with Gasteiger partial charge in [-0.1, -0.05) is 11.6 Å². The van der Waals surface area contributed by atoms with Crippen molar-refractivity contribution in [2.75, 3.05) is 14.1 Å². The lowest BCUT2D eigenvalue weighted by molar-refractivity contribution is 0.519. The Morgan fingerprint density at radius 2 is 1.93 bits per heavy atom. The van der Waals surface area contributed by atoms with E-state index >= 15 is 0 Å². The predicted molar refractivity (Wildman–Crippen MR) is 54.9 cm³/mol. The number of pyridine rings is 1. The second-order valence-corrected chi connectivity index (χ2v) is 5.51. The quantitative estimate of drug-likeness (QED) is 0.725. The van der Waals surface area contributed by atoms with Crippen molar-refractivity contribution >= 4 is 21.6 Å². The molecule has 6 heteroatoms. The molecule has 0 saturated carbocycles. The predicted octanol–water partition coefficient (Wildman–Crippen LogP) is 1.29. The Labute approximate surface area is 88.6 Å². The van der Waals surface area contributed by atoms with Crippen LogP contribution in [0.25, 0.3) is 0 Å². The monoisotopic (exact) mass is 234 g/mol. The van der Waals surface area contributed by atoms with E-state index in [1.54, 1.807) is 6.92 Å². The highest BCUT2D eigenvalue weighted by Gasteiger charge is 2.20. The van der Waals surface area contributed by atoms with Gasteiger partial charge in [0, 0.05) is 14.1 Å². The molecule has 1 rings (SSSR count). The molecule has 0 atom stereocenters. The Bertz CT molecular complexity index is 443. The Hall–Kier alpha value is -0.650. The molecule has 0 aromatic carbocycles. The summed E-state index contributed by atoms with van der Waals surface area (Å²) in [5.41, 5.74) is 0.409. The van der Waals surface area contributed by atoms with Gasteiger partial charge in [0.1, 0.15) is 10.0 Å². The van der Waals surface area contributed by atoms with Gasteiger partial charge in [-0.2, -0.15) is 0 Å². The molecule has 0 fully saturated rings. The number of hydrogen-bond donors (Lipinski definition) is 0. The molecule has 1 aromatic rings. The summed E-state index contributed by atoms with van der Waals surface area (Å²) < 4.78 is 24.6. The van der Waals surface area contributed by atoms with E-state index in [1.165, 1.54) is 26.2 Å². The highest BCUT2D eigenvalue weighted by atomic mass is 35.5. The maximum absolute atomic E-state index is 11.7. The summed E-state index contributed by atoms with van der Waals surface area (Å²) in [6, 6.07) is 2.92. The fraction of sp³-hybridized carbons (Fsp3) is 0.375. The van der Waals surface area contributed by atoms with Gasteiger partial charge in [0.05, 0.1) is 5.69 Å². The fourth-order valence-electron chi connectivity index (χ4n) is 0.987. The maximum atomic E-state index is 11.7. The summed E-state index contributed by atoms with van der Waals surface area (Å²) in [5, 5.41) is 0.292. The van der Waals surface area contributed by atoms with Crippen LogP contribution in [-0.2, 0) is 10.0 Å². The zero-order valence-corrected chi connectivity index (χ0v) is 9.72. The normalized spacial score (nSPS) is 12.1. The molecule has 14 heavy (non-hydrogen) atoms. The molecule has 0 bridgehead atoms. The number of aryl methyl sites for hydroxylation is 1. The number of sulfonamides is 1. The summed E-state index contributed by atoms with van der Waals surface area (Å²) in [7, 11) is -0.461. The number of aromatic nitrogens is 1. The van der Waals surface area contributed by atoms with Gasteiger partial charge in [-0.15, -0.1) is 0 Å². The van der Waals surface area contributed by atoms with Crippen LogP contribution in [0.4, 0.5) is 0 Å². The van der Waals surface area contributed by atoms with Gasteiger partial charge in [-0.25, -0.2) is 17.7 Å². The van der Waals surface area contributed by atoms with E-state index in [1.807, 2.05) is 0 Å². The largest absolute Gasteiger partial charge is 0.244 e. The van der Waals surface area contributed by atoms with Crippen LogP contribution in [0, 0.1) is 6.92 Å². The highest BCUT2D eigenvalue weighted by molar-refractivity contribution is 7.89. The molecule has 1 heterocycles. The van der Waals surface area contributed by atoms with Crippen molar-refractivity contribution < 1.29 is 8.42 Å². The molecule has 0 spiro atoms. The standard InChI is InChI=1S/C8H11ClN2O2S/c1-6-7(4-5-8(9)10-6)14(12,13)11(2)3/h4-5H,1-3H3. The first kappa shape index (κ1) is 11.4. The number of rotatable bonds is 2. The van der Waals surface area contributed by atoms with Gasteiger partial charge in [-0.05, 0) is 19.1 Å². The van der Waals surface area contributed by atoms with Crippen LogP contribution in [-0.4, -0.2) is 31.8 Å². The average molecular weight is 235 g/mol. The van der Waals surface area contributed by atoms with Crippen molar-refractivity contribution in [3.63, 3.8) is 0 Å². The lowest BCUT2D eigenvalue weighted by atomic mass is 10.4. The minimum Gasteiger partial charge on any atom is -0.240 e. The average Bonchev–Trinajstić information content (AvgIpc) is 2.02. The van der Waals surface area contributed by atoms with Gasteiger partial charge in [0.15, 0.2) is 0 Å². The van der Waals surface area contributed by atoms with Crippen molar-refractivity contribution in [1.29, 1.82) is 0 Å². The summed E-state index contributed by atoms with van der Waals surface area (Å²) in [6.07, 6.45) is 0. The molecule has 0 saturated heterocycles. The van der Waals surface area contributed by atoms with Gasteiger partial charge in [-0.3, -0.25) is 0 Å². The molecule has 1 aromatic heterocycles. The molecule has 0 aliphatic rings. The van der Waals surface area contributed by atoms with E-state index < -0.39 is 10.0 Å². The van der Waals surface area contributed by atoms with Gasteiger partial charge in [0.2, 0.25) is 10.0 Å². The van der Waals surface area contributed by atoms with Crippen LogP contribution >= 0.6 is 11.6 Å². The van der Waals surface area contributed by atoms with E-state index in [-0.39, 0.29) is 4.90 Å². The Balaban J connectivity index is 3.35. The lowest BCUT2D eigenvalue weighted by Gasteiger charge is -2.12. The summed E-state index contributed by atoms with van der Waals surface area (Å²) in [5.74, 6) is 0. The van der Waals surface area contributed by atoms with E-state index in [0.29, 0.717) is 10.8 Å². The van der Waals surface area contributed by atoms with Crippen LogP contribution in [0.5, 0.6) is 0 Å². The zero-order chi connectivity index (χ0) is 10.9. The number of hydrogen-bond acceptors (Lipinski definition) is 3. The third-order valence-electron chi connectivity index (χ3n) is 1.76.